The Labute approximate surface area is 200 Å². The Morgan fingerprint density at radius 3 is 2.48 bits per heavy atom. The number of ether oxygens (including phenoxy) is 1. The second kappa shape index (κ2) is 9.52. The zero-order chi connectivity index (χ0) is 22.3. The summed E-state index contributed by atoms with van der Waals surface area (Å²) in [5.41, 5.74) is 3.04. The average molecular weight is 499 g/mol. The van der Waals surface area contributed by atoms with Crippen molar-refractivity contribution in [2.75, 3.05) is 0 Å². The molecule has 0 bridgehead atoms. The number of rotatable bonds is 3. The molecule has 5 nitrogen and oxygen atoms in total. The van der Waals surface area contributed by atoms with Crippen LogP contribution in [0.5, 0.6) is 5.75 Å². The van der Waals surface area contributed by atoms with E-state index >= 15 is 0 Å². The highest BCUT2D eigenvalue weighted by Gasteiger charge is 2.32. The monoisotopic (exact) mass is 498 g/mol. The summed E-state index contributed by atoms with van der Waals surface area (Å²) in [5, 5.41) is 13.0. The van der Waals surface area contributed by atoms with E-state index in [1.807, 2.05) is 24.3 Å². The van der Waals surface area contributed by atoms with E-state index in [2.05, 4.69) is 24.8 Å². The minimum absolute atomic E-state index is 0. The lowest BCUT2D eigenvalue weighted by Crippen LogP contribution is -2.18. The molecule has 0 unspecified atom stereocenters. The van der Waals surface area contributed by atoms with E-state index in [1.165, 1.54) is 12.1 Å². The maximum atomic E-state index is 12.6. The molecule has 2 aromatic carbocycles. The molecule has 0 amide bonds. The molecule has 0 atom stereocenters. The summed E-state index contributed by atoms with van der Waals surface area (Å²) >= 11 is 6.20. The van der Waals surface area contributed by atoms with Crippen LogP contribution in [0.1, 0.15) is 60.3 Å². The van der Waals surface area contributed by atoms with Crippen molar-refractivity contribution in [3.05, 3.63) is 70.3 Å². The smallest absolute Gasteiger partial charge is 0.406 e. The van der Waals surface area contributed by atoms with Gasteiger partial charge in [-0.1, -0.05) is 23.7 Å². The lowest BCUT2D eigenvalue weighted by molar-refractivity contribution is -0.274. The zero-order valence-electron chi connectivity index (χ0n) is 17.6. The number of alkyl halides is 3. The van der Waals surface area contributed by atoms with E-state index in [-0.39, 0.29) is 30.0 Å². The Morgan fingerprint density at radius 2 is 1.73 bits per heavy atom. The van der Waals surface area contributed by atoms with Crippen molar-refractivity contribution in [3.8, 4) is 11.4 Å². The van der Waals surface area contributed by atoms with Crippen molar-refractivity contribution < 1.29 is 17.9 Å². The fourth-order valence-electron chi connectivity index (χ4n) is 4.85. The molecule has 3 aromatic rings. The van der Waals surface area contributed by atoms with Gasteiger partial charge in [0.15, 0.2) is 5.82 Å². The quantitative estimate of drug-likeness (QED) is 0.461. The Morgan fingerprint density at radius 1 is 0.970 bits per heavy atom. The number of hydrogen-bond acceptors (Lipinski definition) is 4. The molecule has 1 fully saturated rings. The van der Waals surface area contributed by atoms with E-state index in [0.29, 0.717) is 18.1 Å². The molecular formula is C23H23Cl2F3N4O. The maximum Gasteiger partial charge on any atom is 0.573 e. The van der Waals surface area contributed by atoms with Crippen LogP contribution in [-0.2, 0) is 13.1 Å². The van der Waals surface area contributed by atoms with Crippen molar-refractivity contribution >= 4 is 24.0 Å². The van der Waals surface area contributed by atoms with Crippen LogP contribution in [0, 0.1) is 0 Å². The summed E-state index contributed by atoms with van der Waals surface area (Å²) in [6.45, 7) is 1.34. The molecule has 2 aliphatic rings. The number of fused-ring (bicyclic) bond motifs is 3. The van der Waals surface area contributed by atoms with Gasteiger partial charge in [-0.25, -0.2) is 0 Å². The molecule has 1 aliphatic heterocycles. The summed E-state index contributed by atoms with van der Waals surface area (Å²) in [6.07, 6.45) is -1.16. The Balaban J connectivity index is 0.00000259. The van der Waals surface area contributed by atoms with Gasteiger partial charge >= 0.3 is 6.36 Å². The van der Waals surface area contributed by atoms with Gasteiger partial charge in [-0.3, -0.25) is 4.57 Å². The minimum atomic E-state index is -4.68. The molecule has 1 aromatic heterocycles. The summed E-state index contributed by atoms with van der Waals surface area (Å²) in [5.74, 6) is 2.09. The number of aromatic nitrogens is 3. The van der Waals surface area contributed by atoms with E-state index in [1.54, 1.807) is 6.07 Å². The average Bonchev–Trinajstić information content (AvgIpc) is 3.08. The molecule has 176 valence electrons. The number of nitrogens with one attached hydrogen (secondary N) is 1. The summed E-state index contributed by atoms with van der Waals surface area (Å²) < 4.78 is 43.9. The van der Waals surface area contributed by atoms with Gasteiger partial charge in [0.25, 0.3) is 0 Å². The summed E-state index contributed by atoms with van der Waals surface area (Å²) in [6, 6.07) is 12.2. The largest absolute Gasteiger partial charge is 0.573 e. The highest BCUT2D eigenvalue weighted by molar-refractivity contribution is 6.30. The van der Waals surface area contributed by atoms with Gasteiger partial charge in [0, 0.05) is 17.5 Å². The molecule has 0 spiro atoms. The van der Waals surface area contributed by atoms with Crippen LogP contribution < -0.4 is 10.1 Å². The lowest BCUT2D eigenvalue weighted by atomic mass is 9.78. The third-order valence-electron chi connectivity index (χ3n) is 6.29. The number of benzene rings is 2. The highest BCUT2D eigenvalue weighted by Crippen LogP contribution is 2.42. The van der Waals surface area contributed by atoms with Crippen LogP contribution >= 0.6 is 24.0 Å². The van der Waals surface area contributed by atoms with Crippen LogP contribution in [0.2, 0.25) is 5.02 Å². The third kappa shape index (κ3) is 5.13. The van der Waals surface area contributed by atoms with Gasteiger partial charge in [-0.05, 0) is 73.1 Å². The molecule has 1 N–H and O–H groups in total. The third-order valence-corrected chi connectivity index (χ3v) is 6.53. The van der Waals surface area contributed by atoms with Gasteiger partial charge in [0.2, 0.25) is 0 Å². The SMILES string of the molecule is Cl.FC(F)(F)Oc1cccc([C@H]2CC[C@H](c3nnc4n3-c3ccc(Cl)cc3CNC4)CC2)c1. The normalized spacial score (nSPS) is 20.2. The Bertz CT molecular complexity index is 1130. The molecule has 1 saturated carbocycles. The van der Waals surface area contributed by atoms with Crippen molar-refractivity contribution in [1.29, 1.82) is 0 Å². The molecule has 2 heterocycles. The van der Waals surface area contributed by atoms with Gasteiger partial charge in [-0.15, -0.1) is 35.8 Å². The first-order valence-corrected chi connectivity index (χ1v) is 11.0. The van der Waals surface area contributed by atoms with Gasteiger partial charge in [0.1, 0.15) is 11.6 Å². The first-order chi connectivity index (χ1) is 15.4. The number of nitrogens with zero attached hydrogens (tertiary/aromatic N) is 3. The standard InChI is InChI=1S/C23H22ClF3N4O.ClH/c24-18-8-9-20-17(10-18)12-28-13-21-29-30-22(31(20)21)15-6-4-14(5-7-15)16-2-1-3-19(11-16)32-23(25,26)27;/h1-3,8-11,14-15,28H,4-7,12-13H2;1H/t14-,15-;. The first kappa shape index (κ1) is 23.9. The van der Waals surface area contributed by atoms with Crippen molar-refractivity contribution in [1.82, 2.24) is 20.1 Å². The molecule has 5 rings (SSSR count). The highest BCUT2D eigenvalue weighted by atomic mass is 35.5. The molecule has 33 heavy (non-hydrogen) atoms. The van der Waals surface area contributed by atoms with E-state index in [4.69, 9.17) is 11.6 Å². The zero-order valence-corrected chi connectivity index (χ0v) is 19.2. The number of halogens is 5. The van der Waals surface area contributed by atoms with E-state index in [9.17, 15) is 13.2 Å². The molecule has 0 radical (unpaired) electrons. The molecule has 10 heteroatoms. The van der Waals surface area contributed by atoms with E-state index < -0.39 is 6.36 Å². The second-order valence-electron chi connectivity index (χ2n) is 8.36. The predicted molar refractivity (Wildman–Crippen MR) is 121 cm³/mol. The van der Waals surface area contributed by atoms with Crippen LogP contribution in [-0.4, -0.2) is 21.1 Å². The first-order valence-electron chi connectivity index (χ1n) is 10.7. The fraction of sp³-hybridized carbons (Fsp3) is 0.391. The second-order valence-corrected chi connectivity index (χ2v) is 8.79. The molecule has 0 saturated heterocycles. The van der Waals surface area contributed by atoms with Crippen molar-refractivity contribution in [2.45, 2.75) is 57.0 Å². The lowest BCUT2D eigenvalue weighted by Gasteiger charge is -2.29. The van der Waals surface area contributed by atoms with Crippen molar-refractivity contribution in [3.63, 3.8) is 0 Å². The minimum Gasteiger partial charge on any atom is -0.406 e. The Hall–Kier alpha value is -2.29. The predicted octanol–water partition coefficient (Wildman–Crippen LogP) is 6.29. The fourth-order valence-corrected chi connectivity index (χ4v) is 5.04. The molecular weight excluding hydrogens is 476 g/mol. The topological polar surface area (TPSA) is 52.0 Å². The van der Waals surface area contributed by atoms with Crippen LogP contribution in [0.3, 0.4) is 0 Å². The van der Waals surface area contributed by atoms with Gasteiger partial charge < -0.3 is 10.1 Å². The van der Waals surface area contributed by atoms with Crippen LogP contribution in [0.25, 0.3) is 5.69 Å². The Kier molecular flexibility index (Phi) is 6.88. The summed E-state index contributed by atoms with van der Waals surface area (Å²) in [7, 11) is 0. The van der Waals surface area contributed by atoms with Crippen LogP contribution in [0.15, 0.2) is 42.5 Å². The maximum absolute atomic E-state index is 12.6. The van der Waals surface area contributed by atoms with Gasteiger partial charge in [0.05, 0.1) is 12.2 Å². The van der Waals surface area contributed by atoms with E-state index in [0.717, 1.165) is 54.1 Å². The van der Waals surface area contributed by atoms with Crippen molar-refractivity contribution in [2.24, 2.45) is 0 Å². The van der Waals surface area contributed by atoms with Gasteiger partial charge in [-0.2, -0.15) is 0 Å². The number of hydrogen-bond donors (Lipinski definition) is 1. The molecule has 1 aliphatic carbocycles. The summed E-state index contributed by atoms with van der Waals surface area (Å²) in [4.78, 5) is 0. The van der Waals surface area contributed by atoms with Crippen LogP contribution in [0.4, 0.5) is 13.2 Å².